The van der Waals surface area contributed by atoms with Crippen LogP contribution in [-0.4, -0.2) is 10.9 Å². The van der Waals surface area contributed by atoms with Crippen molar-refractivity contribution in [1.82, 2.24) is 5.32 Å². The molecule has 0 bridgehead atoms. The van der Waals surface area contributed by atoms with Crippen molar-refractivity contribution in [3.8, 4) is 0 Å². The van der Waals surface area contributed by atoms with Crippen molar-refractivity contribution in [2.24, 2.45) is 0 Å². The van der Waals surface area contributed by atoms with Gasteiger partial charge in [0, 0.05) is 10.5 Å². The highest BCUT2D eigenvalue weighted by atomic mass is 32.2. The van der Waals surface area contributed by atoms with Crippen LogP contribution in [-0.2, 0) is 0 Å². The highest BCUT2D eigenvalue weighted by Gasteiger charge is 2.11. The minimum Gasteiger partial charge on any atom is -0.366 e. The molecule has 1 aromatic carbocycles. The Balaban J connectivity index is 2.52. The molecule has 0 aliphatic carbocycles. The Hall–Kier alpha value is -0.540. The minimum absolute atomic E-state index is 0.874. The van der Waals surface area contributed by atoms with Crippen LogP contribution in [0.25, 0.3) is 0 Å². The first-order chi connectivity index (χ1) is 5.38. The molecule has 3 heteroatoms. The summed E-state index contributed by atoms with van der Waals surface area (Å²) in [6.45, 7) is 0. The first-order valence-corrected chi connectivity index (χ1v) is 4.77. The molecule has 0 saturated carbocycles. The van der Waals surface area contributed by atoms with Crippen molar-refractivity contribution >= 4 is 29.0 Å². The maximum Gasteiger partial charge on any atom is 0.108 e. The molecule has 1 aliphatic heterocycles. The fourth-order valence-electron chi connectivity index (χ4n) is 1.05. The molecule has 1 N–H and O–H groups in total. The quantitative estimate of drug-likeness (QED) is 0.615. The summed E-state index contributed by atoms with van der Waals surface area (Å²) in [5.41, 5.74) is 1.17. The molecule has 0 unspecified atom stereocenters. The van der Waals surface area contributed by atoms with Gasteiger partial charge in [0.25, 0.3) is 0 Å². The third-order valence-corrected chi connectivity index (χ3v) is 2.91. The van der Waals surface area contributed by atoms with E-state index in [0.29, 0.717) is 0 Å². The summed E-state index contributed by atoms with van der Waals surface area (Å²) < 4.78 is 0. The second-order valence-electron chi connectivity index (χ2n) is 2.29. The van der Waals surface area contributed by atoms with Crippen LogP contribution in [0.4, 0.5) is 0 Å². The van der Waals surface area contributed by atoms with E-state index in [0.717, 1.165) is 10.9 Å². The fourth-order valence-corrected chi connectivity index (χ4v) is 2.33. The van der Waals surface area contributed by atoms with Crippen LogP contribution >= 0.6 is 24.0 Å². The Bertz CT molecular complexity index is 296. The van der Waals surface area contributed by atoms with Gasteiger partial charge in [-0.3, -0.25) is 0 Å². The SMILES string of the molecule is S=C1NCSc2ccccc21. The van der Waals surface area contributed by atoms with Crippen LogP contribution in [0.15, 0.2) is 29.2 Å². The molecule has 1 aromatic rings. The molecule has 0 spiro atoms. The fraction of sp³-hybridized carbons (Fsp3) is 0.125. The molecule has 0 amide bonds. The predicted octanol–water partition coefficient (Wildman–Crippen LogP) is 2.01. The Morgan fingerprint density at radius 1 is 1.36 bits per heavy atom. The van der Waals surface area contributed by atoms with Crippen LogP contribution in [0.5, 0.6) is 0 Å². The molecular formula is C8H7NS2. The summed E-state index contributed by atoms with van der Waals surface area (Å²) in [6.07, 6.45) is 0. The largest absolute Gasteiger partial charge is 0.366 e. The van der Waals surface area contributed by atoms with E-state index in [1.807, 2.05) is 12.1 Å². The zero-order chi connectivity index (χ0) is 7.68. The lowest BCUT2D eigenvalue weighted by Crippen LogP contribution is -2.25. The standard InChI is InChI=1S/C8H7NS2/c10-8-6-3-1-2-4-7(6)11-5-9-8/h1-4H,5H2,(H,9,10). The average molecular weight is 181 g/mol. The van der Waals surface area contributed by atoms with Gasteiger partial charge in [-0.25, -0.2) is 0 Å². The van der Waals surface area contributed by atoms with Gasteiger partial charge in [0.15, 0.2) is 0 Å². The van der Waals surface area contributed by atoms with E-state index in [4.69, 9.17) is 12.2 Å². The van der Waals surface area contributed by atoms with E-state index in [1.165, 1.54) is 10.5 Å². The van der Waals surface area contributed by atoms with Crippen molar-refractivity contribution in [3.05, 3.63) is 29.8 Å². The van der Waals surface area contributed by atoms with Gasteiger partial charge in [-0.1, -0.05) is 30.4 Å². The predicted molar refractivity (Wildman–Crippen MR) is 52.0 cm³/mol. The minimum atomic E-state index is 0.874. The first-order valence-electron chi connectivity index (χ1n) is 3.38. The zero-order valence-corrected chi connectivity index (χ0v) is 7.47. The molecular weight excluding hydrogens is 174 g/mol. The molecule has 1 aliphatic rings. The molecule has 0 saturated heterocycles. The van der Waals surface area contributed by atoms with Gasteiger partial charge >= 0.3 is 0 Å². The lowest BCUT2D eigenvalue weighted by molar-refractivity contribution is 1.12. The number of thiocarbonyl (C=S) groups is 1. The summed E-state index contributed by atoms with van der Waals surface area (Å²) >= 11 is 6.93. The number of benzene rings is 1. The summed E-state index contributed by atoms with van der Waals surface area (Å²) in [4.78, 5) is 2.16. The van der Waals surface area contributed by atoms with Crippen molar-refractivity contribution in [2.45, 2.75) is 4.90 Å². The molecule has 11 heavy (non-hydrogen) atoms. The van der Waals surface area contributed by atoms with Gasteiger partial charge in [0.2, 0.25) is 0 Å². The summed E-state index contributed by atoms with van der Waals surface area (Å²) in [7, 11) is 0. The number of nitrogens with one attached hydrogen (secondary N) is 1. The summed E-state index contributed by atoms with van der Waals surface area (Å²) in [5.74, 6) is 0.899. The van der Waals surface area contributed by atoms with Crippen LogP contribution in [0.3, 0.4) is 0 Å². The van der Waals surface area contributed by atoms with Crippen LogP contribution in [0, 0.1) is 0 Å². The topological polar surface area (TPSA) is 12.0 Å². The first kappa shape index (κ1) is 7.13. The zero-order valence-electron chi connectivity index (χ0n) is 5.83. The van der Waals surface area contributed by atoms with Crippen molar-refractivity contribution in [2.75, 3.05) is 5.88 Å². The smallest absolute Gasteiger partial charge is 0.108 e. The highest BCUT2D eigenvalue weighted by Crippen LogP contribution is 2.25. The van der Waals surface area contributed by atoms with Crippen LogP contribution in [0.2, 0.25) is 0 Å². The van der Waals surface area contributed by atoms with E-state index in [-0.39, 0.29) is 0 Å². The van der Waals surface area contributed by atoms with Gasteiger partial charge in [0.1, 0.15) is 4.99 Å². The second-order valence-corrected chi connectivity index (χ2v) is 3.72. The van der Waals surface area contributed by atoms with Crippen molar-refractivity contribution in [3.63, 3.8) is 0 Å². The maximum absolute atomic E-state index is 5.14. The average Bonchev–Trinajstić information content (AvgIpc) is 2.06. The van der Waals surface area contributed by atoms with Crippen molar-refractivity contribution in [1.29, 1.82) is 0 Å². The van der Waals surface area contributed by atoms with Crippen molar-refractivity contribution < 1.29 is 0 Å². The van der Waals surface area contributed by atoms with E-state index >= 15 is 0 Å². The second kappa shape index (κ2) is 2.83. The Kier molecular flexibility index (Phi) is 1.84. The lowest BCUT2D eigenvalue weighted by Gasteiger charge is -2.17. The molecule has 1 heterocycles. The van der Waals surface area contributed by atoms with E-state index in [9.17, 15) is 0 Å². The molecule has 0 fully saturated rings. The molecule has 0 atom stereocenters. The normalized spacial score (nSPS) is 15.5. The maximum atomic E-state index is 5.14. The number of rotatable bonds is 0. The molecule has 0 radical (unpaired) electrons. The highest BCUT2D eigenvalue weighted by molar-refractivity contribution is 7.99. The van der Waals surface area contributed by atoms with E-state index in [2.05, 4.69) is 17.4 Å². The number of fused-ring (bicyclic) bond motifs is 1. The Morgan fingerprint density at radius 2 is 2.18 bits per heavy atom. The third kappa shape index (κ3) is 1.26. The van der Waals surface area contributed by atoms with Gasteiger partial charge in [-0.2, -0.15) is 0 Å². The van der Waals surface area contributed by atoms with E-state index < -0.39 is 0 Å². The monoisotopic (exact) mass is 181 g/mol. The molecule has 0 aromatic heterocycles. The van der Waals surface area contributed by atoms with E-state index in [1.54, 1.807) is 11.8 Å². The molecule has 1 nitrogen and oxygen atoms in total. The number of thioether (sulfide) groups is 1. The Labute approximate surface area is 75.2 Å². The van der Waals surface area contributed by atoms with Crippen LogP contribution in [0.1, 0.15) is 5.56 Å². The van der Waals surface area contributed by atoms with Crippen LogP contribution < -0.4 is 5.32 Å². The number of hydrogen-bond donors (Lipinski definition) is 1. The third-order valence-electron chi connectivity index (χ3n) is 1.59. The lowest BCUT2D eigenvalue weighted by atomic mass is 10.2. The molecule has 56 valence electrons. The Morgan fingerprint density at radius 3 is 3.00 bits per heavy atom. The van der Waals surface area contributed by atoms with Gasteiger partial charge in [-0.05, 0) is 6.07 Å². The van der Waals surface area contributed by atoms with Gasteiger partial charge in [0.05, 0.1) is 5.88 Å². The van der Waals surface area contributed by atoms with Gasteiger partial charge < -0.3 is 5.32 Å². The summed E-state index contributed by atoms with van der Waals surface area (Å²) in [6, 6.07) is 8.21. The molecule has 2 rings (SSSR count). The summed E-state index contributed by atoms with van der Waals surface area (Å²) in [5, 5.41) is 3.13. The van der Waals surface area contributed by atoms with Gasteiger partial charge in [-0.15, -0.1) is 11.8 Å². The number of hydrogen-bond acceptors (Lipinski definition) is 2.